The van der Waals surface area contributed by atoms with Gasteiger partial charge in [-0.15, -0.1) is 0 Å². The number of benzene rings is 1. The molecule has 0 unspecified atom stereocenters. The minimum atomic E-state index is -0.849. The van der Waals surface area contributed by atoms with Crippen LogP contribution in [0.25, 0.3) is 10.9 Å². The van der Waals surface area contributed by atoms with Crippen LogP contribution in [0.2, 0.25) is 0 Å². The smallest absolute Gasteiger partial charge is 0.303 e. The van der Waals surface area contributed by atoms with Gasteiger partial charge in [0.1, 0.15) is 13.1 Å². The van der Waals surface area contributed by atoms with E-state index in [-0.39, 0.29) is 25.4 Å². The van der Waals surface area contributed by atoms with Crippen LogP contribution in [0.1, 0.15) is 12.0 Å². The van der Waals surface area contributed by atoms with Gasteiger partial charge >= 0.3 is 5.97 Å². The molecule has 0 aliphatic heterocycles. The first-order valence-electron chi connectivity index (χ1n) is 6.54. The molecule has 2 rings (SSSR count). The molecule has 1 amide bonds. The number of hydrogen-bond acceptors (Lipinski definition) is 3. The van der Waals surface area contributed by atoms with Crippen LogP contribution in [0.4, 0.5) is 0 Å². The Hall–Kier alpha value is -2.81. The van der Waals surface area contributed by atoms with Crippen LogP contribution < -0.4 is 5.32 Å². The molecular formula is C15H15N3O3. The van der Waals surface area contributed by atoms with E-state index in [9.17, 15) is 9.59 Å². The molecule has 2 aromatic rings. The first kappa shape index (κ1) is 14.6. The minimum Gasteiger partial charge on any atom is -0.481 e. The number of carbonyl (C=O) groups excluding carboxylic acids is 1. The van der Waals surface area contributed by atoms with E-state index in [1.807, 2.05) is 30.3 Å². The fourth-order valence-corrected chi connectivity index (χ4v) is 2.24. The second-order valence-electron chi connectivity index (χ2n) is 4.63. The highest BCUT2D eigenvalue weighted by molar-refractivity contribution is 5.86. The van der Waals surface area contributed by atoms with Gasteiger partial charge in [-0.2, -0.15) is 5.26 Å². The molecule has 0 spiro atoms. The third-order valence-corrected chi connectivity index (χ3v) is 3.16. The fourth-order valence-electron chi connectivity index (χ4n) is 2.24. The van der Waals surface area contributed by atoms with Gasteiger partial charge < -0.3 is 15.0 Å². The maximum absolute atomic E-state index is 11.7. The Morgan fingerprint density at radius 1 is 1.33 bits per heavy atom. The summed E-state index contributed by atoms with van der Waals surface area (Å²) in [4.78, 5) is 22.4. The van der Waals surface area contributed by atoms with Gasteiger partial charge in [0.05, 0.1) is 6.07 Å². The highest BCUT2D eigenvalue weighted by Gasteiger charge is 2.11. The van der Waals surface area contributed by atoms with Crippen molar-refractivity contribution >= 4 is 22.8 Å². The number of para-hydroxylation sites is 1. The van der Waals surface area contributed by atoms with Gasteiger partial charge in [0, 0.05) is 23.5 Å². The lowest BCUT2D eigenvalue weighted by Gasteiger charge is -2.04. The molecule has 0 fully saturated rings. The number of carboxylic acids is 1. The number of nitrogens with one attached hydrogen (secondary N) is 1. The third-order valence-electron chi connectivity index (χ3n) is 3.16. The summed E-state index contributed by atoms with van der Waals surface area (Å²) < 4.78 is 1.78. The van der Waals surface area contributed by atoms with E-state index in [4.69, 9.17) is 10.4 Å². The van der Waals surface area contributed by atoms with Crippen LogP contribution in [0.3, 0.4) is 0 Å². The molecule has 21 heavy (non-hydrogen) atoms. The van der Waals surface area contributed by atoms with Gasteiger partial charge in [-0.05, 0) is 18.1 Å². The SMILES string of the molecule is N#CCNC(=O)Cn1cc(CCC(=O)O)c2ccccc21. The van der Waals surface area contributed by atoms with Crippen molar-refractivity contribution in [1.29, 1.82) is 5.26 Å². The second-order valence-corrected chi connectivity index (χ2v) is 4.63. The standard InChI is InChI=1S/C15H15N3O3/c16-7-8-17-14(19)10-18-9-11(5-6-15(20)21)12-3-1-2-4-13(12)18/h1-4,9H,5-6,8,10H2,(H,17,19)(H,20,21). The predicted octanol–water partition coefficient (Wildman–Crippen LogP) is 1.30. The molecule has 0 aliphatic carbocycles. The summed E-state index contributed by atoms with van der Waals surface area (Å²) in [6.07, 6.45) is 2.27. The quantitative estimate of drug-likeness (QED) is 0.782. The summed E-state index contributed by atoms with van der Waals surface area (Å²) in [5.41, 5.74) is 1.78. The molecule has 0 aliphatic rings. The number of amides is 1. The molecule has 6 heteroatoms. The Morgan fingerprint density at radius 3 is 2.81 bits per heavy atom. The van der Waals surface area contributed by atoms with Crippen molar-refractivity contribution in [1.82, 2.24) is 9.88 Å². The number of carboxylic acid groups (broad SMARTS) is 1. The minimum absolute atomic E-state index is 0.0239. The van der Waals surface area contributed by atoms with E-state index in [1.165, 1.54) is 0 Å². The van der Waals surface area contributed by atoms with E-state index in [2.05, 4.69) is 5.32 Å². The van der Waals surface area contributed by atoms with Gasteiger partial charge in [-0.25, -0.2) is 0 Å². The zero-order chi connectivity index (χ0) is 15.2. The van der Waals surface area contributed by atoms with Crippen LogP contribution >= 0.6 is 0 Å². The summed E-state index contributed by atoms with van der Waals surface area (Å²) >= 11 is 0. The monoisotopic (exact) mass is 285 g/mol. The van der Waals surface area contributed by atoms with E-state index in [1.54, 1.807) is 10.8 Å². The molecule has 108 valence electrons. The molecule has 0 saturated carbocycles. The normalized spacial score (nSPS) is 10.2. The summed E-state index contributed by atoms with van der Waals surface area (Å²) in [6, 6.07) is 9.40. The van der Waals surface area contributed by atoms with Gasteiger partial charge in [0.15, 0.2) is 0 Å². The number of carbonyl (C=O) groups is 2. The van der Waals surface area contributed by atoms with Crippen LogP contribution in [-0.2, 0) is 22.6 Å². The van der Waals surface area contributed by atoms with E-state index in [0.717, 1.165) is 16.5 Å². The highest BCUT2D eigenvalue weighted by atomic mass is 16.4. The number of hydrogen-bond donors (Lipinski definition) is 2. The average molecular weight is 285 g/mol. The number of rotatable bonds is 6. The Balaban J connectivity index is 2.25. The van der Waals surface area contributed by atoms with Crippen molar-refractivity contribution < 1.29 is 14.7 Å². The lowest BCUT2D eigenvalue weighted by atomic mass is 10.1. The lowest BCUT2D eigenvalue weighted by Crippen LogP contribution is -2.27. The van der Waals surface area contributed by atoms with E-state index >= 15 is 0 Å². The highest BCUT2D eigenvalue weighted by Crippen LogP contribution is 2.22. The van der Waals surface area contributed by atoms with Crippen molar-refractivity contribution in [2.45, 2.75) is 19.4 Å². The number of aliphatic carboxylic acids is 1. The third kappa shape index (κ3) is 3.60. The van der Waals surface area contributed by atoms with Gasteiger partial charge in [-0.1, -0.05) is 18.2 Å². The molecule has 0 saturated heterocycles. The maximum atomic E-state index is 11.7. The summed E-state index contributed by atoms with van der Waals surface area (Å²) in [6.45, 7) is 0.0825. The molecular weight excluding hydrogens is 270 g/mol. The number of nitrogens with zero attached hydrogens (tertiary/aromatic N) is 2. The van der Waals surface area contributed by atoms with Crippen molar-refractivity contribution in [2.75, 3.05) is 6.54 Å². The number of aryl methyl sites for hydroxylation is 1. The molecule has 0 atom stereocenters. The van der Waals surface area contributed by atoms with Crippen LogP contribution in [0.5, 0.6) is 0 Å². The Labute approximate surface area is 121 Å². The fraction of sp³-hybridized carbons (Fsp3) is 0.267. The summed E-state index contributed by atoms with van der Waals surface area (Å²) in [5, 5.41) is 20.7. The Kier molecular flexibility index (Phi) is 4.57. The lowest BCUT2D eigenvalue weighted by molar-refractivity contribution is -0.137. The Morgan fingerprint density at radius 2 is 2.10 bits per heavy atom. The number of aromatic nitrogens is 1. The largest absolute Gasteiger partial charge is 0.481 e. The maximum Gasteiger partial charge on any atom is 0.303 e. The van der Waals surface area contributed by atoms with Gasteiger partial charge in [0.2, 0.25) is 5.91 Å². The van der Waals surface area contributed by atoms with Crippen molar-refractivity contribution in [3.8, 4) is 6.07 Å². The first-order chi connectivity index (χ1) is 10.1. The second kappa shape index (κ2) is 6.57. The van der Waals surface area contributed by atoms with Gasteiger partial charge in [-0.3, -0.25) is 9.59 Å². The summed E-state index contributed by atoms with van der Waals surface area (Å²) in [7, 11) is 0. The van der Waals surface area contributed by atoms with Crippen molar-refractivity contribution in [3.05, 3.63) is 36.0 Å². The molecule has 1 aromatic heterocycles. The predicted molar refractivity (Wildman–Crippen MR) is 76.5 cm³/mol. The molecule has 0 radical (unpaired) electrons. The Bertz CT molecular complexity index is 713. The zero-order valence-corrected chi connectivity index (χ0v) is 11.4. The molecule has 6 nitrogen and oxygen atoms in total. The van der Waals surface area contributed by atoms with Crippen LogP contribution in [0.15, 0.2) is 30.5 Å². The summed E-state index contributed by atoms with van der Waals surface area (Å²) in [5.74, 6) is -1.10. The molecule has 2 N–H and O–H groups in total. The van der Waals surface area contributed by atoms with Crippen molar-refractivity contribution in [2.24, 2.45) is 0 Å². The molecule has 0 bridgehead atoms. The first-order valence-corrected chi connectivity index (χ1v) is 6.54. The molecule has 1 heterocycles. The molecule has 1 aromatic carbocycles. The number of nitriles is 1. The average Bonchev–Trinajstić information content (AvgIpc) is 2.81. The topological polar surface area (TPSA) is 95.1 Å². The number of fused-ring (bicyclic) bond motifs is 1. The van der Waals surface area contributed by atoms with Crippen LogP contribution in [-0.4, -0.2) is 28.1 Å². The van der Waals surface area contributed by atoms with E-state index < -0.39 is 5.97 Å². The van der Waals surface area contributed by atoms with Gasteiger partial charge in [0.25, 0.3) is 0 Å². The zero-order valence-electron chi connectivity index (χ0n) is 11.4. The van der Waals surface area contributed by atoms with Crippen molar-refractivity contribution in [3.63, 3.8) is 0 Å². The van der Waals surface area contributed by atoms with E-state index in [0.29, 0.717) is 6.42 Å². The van der Waals surface area contributed by atoms with Crippen LogP contribution in [0, 0.1) is 11.3 Å².